The number of benzene rings is 1. The fourth-order valence-electron chi connectivity index (χ4n) is 2.80. The number of esters is 1. The summed E-state index contributed by atoms with van der Waals surface area (Å²) in [5.74, 6) is -0.767. The first-order chi connectivity index (χ1) is 10.1. The molecule has 1 aromatic rings. The lowest BCUT2D eigenvalue weighted by atomic mass is 9.93. The van der Waals surface area contributed by atoms with Gasteiger partial charge in [0.25, 0.3) is 0 Å². The highest BCUT2D eigenvalue weighted by Gasteiger charge is 2.28. The van der Waals surface area contributed by atoms with Gasteiger partial charge < -0.3 is 15.4 Å². The van der Waals surface area contributed by atoms with E-state index in [1.54, 1.807) is 0 Å². The molecule has 0 radical (unpaired) electrons. The molecule has 1 saturated heterocycles. The molecule has 1 heterocycles. The molecular weight excluding hydrogens is 268 g/mol. The number of primary amides is 1. The maximum absolute atomic E-state index is 12.0. The molecule has 1 atom stereocenters. The number of ether oxygens (including phenoxy) is 1. The highest BCUT2D eigenvalue weighted by Crippen LogP contribution is 2.23. The number of hydrogen-bond acceptors (Lipinski definition) is 4. The Balaban J connectivity index is 2.00. The summed E-state index contributed by atoms with van der Waals surface area (Å²) in [6, 6.07) is 9.65. The second-order valence-electron chi connectivity index (χ2n) is 5.46. The lowest BCUT2D eigenvalue weighted by Crippen LogP contribution is -2.41. The van der Waals surface area contributed by atoms with Crippen molar-refractivity contribution < 1.29 is 14.3 Å². The fraction of sp³-hybridized carbons (Fsp3) is 0.500. The van der Waals surface area contributed by atoms with Crippen molar-refractivity contribution >= 4 is 11.9 Å². The van der Waals surface area contributed by atoms with Gasteiger partial charge in [-0.05, 0) is 31.5 Å². The third kappa shape index (κ3) is 4.04. The molecule has 5 heteroatoms. The minimum Gasteiger partial charge on any atom is -0.469 e. The second kappa shape index (κ2) is 7.22. The Morgan fingerprint density at radius 1 is 1.29 bits per heavy atom. The summed E-state index contributed by atoms with van der Waals surface area (Å²) in [4.78, 5) is 25.4. The monoisotopic (exact) mass is 290 g/mol. The summed E-state index contributed by atoms with van der Waals surface area (Å²) in [5.41, 5.74) is 6.30. The van der Waals surface area contributed by atoms with Gasteiger partial charge in [-0.3, -0.25) is 9.59 Å². The third-order valence-electron chi connectivity index (χ3n) is 4.12. The molecule has 1 amide bonds. The number of piperidine rings is 1. The Kier molecular flexibility index (Phi) is 5.33. The molecule has 0 spiro atoms. The quantitative estimate of drug-likeness (QED) is 0.825. The Morgan fingerprint density at radius 2 is 1.90 bits per heavy atom. The molecule has 0 aliphatic carbocycles. The van der Waals surface area contributed by atoms with E-state index < -0.39 is 0 Å². The summed E-state index contributed by atoms with van der Waals surface area (Å²) >= 11 is 0. The molecule has 114 valence electrons. The average molecular weight is 290 g/mol. The first kappa shape index (κ1) is 15.5. The molecule has 21 heavy (non-hydrogen) atoms. The zero-order valence-electron chi connectivity index (χ0n) is 12.3. The van der Waals surface area contributed by atoms with E-state index in [-0.39, 0.29) is 23.7 Å². The lowest BCUT2D eigenvalue weighted by Gasteiger charge is -2.32. The van der Waals surface area contributed by atoms with Crippen LogP contribution in [0.5, 0.6) is 0 Å². The number of carbonyl (C=O) groups excluding carboxylic acids is 2. The molecule has 5 nitrogen and oxygen atoms in total. The predicted molar refractivity (Wildman–Crippen MR) is 79.6 cm³/mol. The van der Waals surface area contributed by atoms with Crippen LogP contribution in [0.2, 0.25) is 0 Å². The van der Waals surface area contributed by atoms with Gasteiger partial charge >= 0.3 is 5.97 Å². The van der Waals surface area contributed by atoms with E-state index in [1.165, 1.54) is 7.11 Å². The van der Waals surface area contributed by atoms with Crippen molar-refractivity contribution in [3.8, 4) is 0 Å². The second-order valence-corrected chi connectivity index (χ2v) is 5.46. The molecule has 0 bridgehead atoms. The van der Waals surface area contributed by atoms with Gasteiger partial charge in [-0.1, -0.05) is 30.3 Å². The maximum Gasteiger partial charge on any atom is 0.314 e. The average Bonchev–Trinajstić information content (AvgIpc) is 2.53. The third-order valence-corrected chi connectivity index (χ3v) is 4.12. The Morgan fingerprint density at radius 3 is 2.43 bits per heavy atom. The molecule has 1 aromatic carbocycles. The summed E-state index contributed by atoms with van der Waals surface area (Å²) in [5, 5.41) is 0. The van der Waals surface area contributed by atoms with Gasteiger partial charge in [-0.25, -0.2) is 0 Å². The first-order valence-corrected chi connectivity index (χ1v) is 7.26. The van der Waals surface area contributed by atoms with Crippen LogP contribution in [-0.2, 0) is 14.3 Å². The van der Waals surface area contributed by atoms with Crippen LogP contribution in [0.4, 0.5) is 0 Å². The number of nitrogens with two attached hydrogens (primary N) is 1. The van der Waals surface area contributed by atoms with Crippen LogP contribution in [0.15, 0.2) is 30.3 Å². The van der Waals surface area contributed by atoms with Crippen LogP contribution in [0, 0.1) is 5.92 Å². The molecule has 1 unspecified atom stereocenters. The van der Waals surface area contributed by atoms with Crippen LogP contribution < -0.4 is 5.73 Å². The molecule has 1 aliphatic rings. The molecule has 2 N–H and O–H groups in total. The van der Waals surface area contributed by atoms with Gasteiger partial charge in [-0.15, -0.1) is 0 Å². The SMILES string of the molecule is COC(=O)C(CN1CCC(C(N)=O)CC1)c1ccccc1. The number of likely N-dealkylation sites (tertiary alicyclic amines) is 1. The standard InChI is InChI=1S/C16H22N2O3/c1-21-16(20)14(12-5-3-2-4-6-12)11-18-9-7-13(8-10-18)15(17)19/h2-6,13-14H,7-11H2,1H3,(H2,17,19). The zero-order valence-corrected chi connectivity index (χ0v) is 12.3. The molecule has 0 aromatic heterocycles. The van der Waals surface area contributed by atoms with Crippen LogP contribution >= 0.6 is 0 Å². The van der Waals surface area contributed by atoms with Gasteiger partial charge in [0.15, 0.2) is 0 Å². The first-order valence-electron chi connectivity index (χ1n) is 7.26. The van der Waals surface area contributed by atoms with Gasteiger partial charge in [0.05, 0.1) is 13.0 Å². The summed E-state index contributed by atoms with van der Waals surface area (Å²) in [6.45, 7) is 2.18. The van der Waals surface area contributed by atoms with E-state index in [2.05, 4.69) is 4.90 Å². The smallest absolute Gasteiger partial charge is 0.314 e. The van der Waals surface area contributed by atoms with E-state index in [0.29, 0.717) is 6.54 Å². The minimum atomic E-state index is -0.290. The summed E-state index contributed by atoms with van der Waals surface area (Å²) < 4.78 is 4.93. The predicted octanol–water partition coefficient (Wildman–Crippen LogP) is 1.14. The number of methoxy groups -OCH3 is 1. The molecule has 0 saturated carbocycles. The summed E-state index contributed by atoms with van der Waals surface area (Å²) in [7, 11) is 1.41. The summed E-state index contributed by atoms with van der Waals surface area (Å²) in [6.07, 6.45) is 1.52. The number of amides is 1. The Labute approximate surface area is 125 Å². The van der Waals surface area contributed by atoms with Crippen molar-refractivity contribution in [3.05, 3.63) is 35.9 Å². The van der Waals surface area contributed by atoms with Crippen LogP contribution in [0.25, 0.3) is 0 Å². The molecular formula is C16H22N2O3. The normalized spacial score (nSPS) is 18.1. The van der Waals surface area contributed by atoms with Crippen molar-refractivity contribution in [2.45, 2.75) is 18.8 Å². The Bertz CT molecular complexity index is 482. The highest BCUT2D eigenvalue weighted by atomic mass is 16.5. The zero-order chi connectivity index (χ0) is 15.2. The van der Waals surface area contributed by atoms with Crippen LogP contribution in [-0.4, -0.2) is 43.5 Å². The van der Waals surface area contributed by atoms with Crippen molar-refractivity contribution in [2.24, 2.45) is 11.7 Å². The number of nitrogens with zero attached hydrogens (tertiary/aromatic N) is 1. The van der Waals surface area contributed by atoms with Crippen molar-refractivity contribution in [3.63, 3.8) is 0 Å². The maximum atomic E-state index is 12.0. The van der Waals surface area contributed by atoms with E-state index >= 15 is 0 Å². The van der Waals surface area contributed by atoms with Crippen molar-refractivity contribution in [1.29, 1.82) is 0 Å². The highest BCUT2D eigenvalue weighted by molar-refractivity contribution is 5.78. The van der Waals surface area contributed by atoms with E-state index in [0.717, 1.165) is 31.5 Å². The largest absolute Gasteiger partial charge is 0.469 e. The van der Waals surface area contributed by atoms with Crippen molar-refractivity contribution in [1.82, 2.24) is 4.90 Å². The van der Waals surface area contributed by atoms with Gasteiger partial charge in [-0.2, -0.15) is 0 Å². The van der Waals surface area contributed by atoms with Crippen LogP contribution in [0.1, 0.15) is 24.3 Å². The van der Waals surface area contributed by atoms with E-state index in [9.17, 15) is 9.59 Å². The number of rotatable bonds is 5. The number of carbonyl (C=O) groups is 2. The Hall–Kier alpha value is -1.88. The van der Waals surface area contributed by atoms with Crippen molar-refractivity contribution in [2.75, 3.05) is 26.7 Å². The van der Waals surface area contributed by atoms with Gasteiger partial charge in [0.1, 0.15) is 0 Å². The molecule has 1 aliphatic heterocycles. The van der Waals surface area contributed by atoms with E-state index in [1.807, 2.05) is 30.3 Å². The topological polar surface area (TPSA) is 72.6 Å². The minimum absolute atomic E-state index is 0.0328. The van der Waals surface area contributed by atoms with Gasteiger partial charge in [0, 0.05) is 12.5 Å². The van der Waals surface area contributed by atoms with E-state index in [4.69, 9.17) is 10.5 Å². The number of hydrogen-bond donors (Lipinski definition) is 1. The van der Waals surface area contributed by atoms with Crippen LogP contribution in [0.3, 0.4) is 0 Å². The van der Waals surface area contributed by atoms with Gasteiger partial charge in [0.2, 0.25) is 5.91 Å². The molecule has 2 rings (SSSR count). The fourth-order valence-corrected chi connectivity index (χ4v) is 2.80. The lowest BCUT2D eigenvalue weighted by molar-refractivity contribution is -0.143. The molecule has 1 fully saturated rings.